The Hall–Kier alpha value is -3.78. The number of likely N-dealkylation sites (N-methyl/N-ethyl adjacent to an activating group) is 1. The number of carbonyl (C=O) groups is 3. The Morgan fingerprint density at radius 3 is 2.59 bits per heavy atom. The molecule has 2 heterocycles. The Labute approximate surface area is 201 Å². The molecule has 1 aliphatic heterocycles. The van der Waals surface area contributed by atoms with Gasteiger partial charge in [-0.25, -0.2) is 9.78 Å². The number of urea groups is 1. The van der Waals surface area contributed by atoms with Crippen molar-refractivity contribution >= 4 is 50.2 Å². The van der Waals surface area contributed by atoms with Crippen molar-refractivity contribution in [3.8, 4) is 0 Å². The van der Waals surface area contributed by atoms with Crippen LogP contribution in [0.15, 0.2) is 66.7 Å². The Kier molecular flexibility index (Phi) is 5.32. The quantitative estimate of drug-likeness (QED) is 0.436. The average molecular weight is 473 g/mol. The molecule has 34 heavy (non-hydrogen) atoms. The van der Waals surface area contributed by atoms with Gasteiger partial charge in [0.1, 0.15) is 17.1 Å². The summed E-state index contributed by atoms with van der Waals surface area (Å²) in [6.45, 7) is 3.24. The number of aromatic nitrogens is 1. The lowest BCUT2D eigenvalue weighted by atomic mass is 9.88. The first-order valence-corrected chi connectivity index (χ1v) is 11.8. The van der Waals surface area contributed by atoms with Crippen molar-refractivity contribution in [2.24, 2.45) is 0 Å². The normalized spacial score (nSPS) is 19.0. The highest BCUT2D eigenvalue weighted by Gasteiger charge is 2.50. The minimum absolute atomic E-state index is 0.296. The monoisotopic (exact) mass is 472 g/mol. The number of carbonyl (C=O) groups excluding carboxylic acids is 3. The lowest BCUT2D eigenvalue weighted by Gasteiger charge is -2.26. The summed E-state index contributed by atoms with van der Waals surface area (Å²) in [7, 11) is 1.67. The number of hydrogen-bond donors (Lipinski definition) is 1. The predicted octanol–water partition coefficient (Wildman–Crippen LogP) is 4.44. The van der Waals surface area contributed by atoms with Gasteiger partial charge < -0.3 is 10.2 Å². The summed E-state index contributed by atoms with van der Waals surface area (Å²) < 4.78 is 1.05. The molecular weight excluding hydrogens is 448 g/mol. The molecule has 5 rings (SSSR count). The highest BCUT2D eigenvalue weighted by molar-refractivity contribution is 7.18. The molecule has 1 N–H and O–H groups in total. The van der Waals surface area contributed by atoms with Crippen LogP contribution in [-0.2, 0) is 15.1 Å². The van der Waals surface area contributed by atoms with Crippen LogP contribution in [0.1, 0.15) is 30.5 Å². The van der Waals surface area contributed by atoms with Crippen molar-refractivity contribution in [3.05, 3.63) is 77.3 Å². The second kappa shape index (κ2) is 8.22. The van der Waals surface area contributed by atoms with E-state index in [4.69, 9.17) is 0 Å². The van der Waals surface area contributed by atoms with E-state index in [1.54, 1.807) is 14.0 Å². The molecule has 7 nitrogen and oxygen atoms in total. The number of benzene rings is 3. The Morgan fingerprint density at radius 1 is 1.09 bits per heavy atom. The van der Waals surface area contributed by atoms with Gasteiger partial charge in [0.05, 0.1) is 16.3 Å². The van der Waals surface area contributed by atoms with Gasteiger partial charge in [0, 0.05) is 7.05 Å². The molecule has 1 aliphatic rings. The van der Waals surface area contributed by atoms with Gasteiger partial charge in [-0.1, -0.05) is 54.6 Å². The first kappa shape index (κ1) is 22.0. The van der Waals surface area contributed by atoms with Crippen LogP contribution < -0.4 is 5.32 Å². The van der Waals surface area contributed by atoms with Gasteiger partial charge >= 0.3 is 6.03 Å². The number of rotatable bonds is 5. The molecule has 0 spiro atoms. The topological polar surface area (TPSA) is 82.6 Å². The summed E-state index contributed by atoms with van der Waals surface area (Å²) in [5.74, 6) is -0.777. The van der Waals surface area contributed by atoms with Crippen LogP contribution in [0.25, 0.3) is 21.0 Å². The third kappa shape index (κ3) is 3.51. The lowest BCUT2D eigenvalue weighted by molar-refractivity contribution is -0.139. The molecule has 8 heteroatoms. The number of nitrogens with zero attached hydrogens (tertiary/aromatic N) is 3. The van der Waals surface area contributed by atoms with E-state index < -0.39 is 17.5 Å². The fourth-order valence-electron chi connectivity index (χ4n) is 4.38. The SMILES string of the molecule is C[C@H](c1nc2ccccc2s1)N(C)C(=O)CN1C(=O)N[C@](C)(c2cccc3ccccc23)C1=O. The molecule has 2 atom stereocenters. The molecule has 1 fully saturated rings. The molecule has 3 aromatic carbocycles. The van der Waals surface area contributed by atoms with Crippen molar-refractivity contribution in [2.45, 2.75) is 25.4 Å². The van der Waals surface area contributed by atoms with Gasteiger partial charge in [-0.3, -0.25) is 14.5 Å². The zero-order valence-corrected chi connectivity index (χ0v) is 19.9. The van der Waals surface area contributed by atoms with E-state index in [9.17, 15) is 14.4 Å². The summed E-state index contributed by atoms with van der Waals surface area (Å²) in [5, 5.41) is 5.48. The zero-order valence-electron chi connectivity index (χ0n) is 19.1. The van der Waals surface area contributed by atoms with E-state index in [1.807, 2.05) is 73.7 Å². The zero-order chi connectivity index (χ0) is 24.0. The van der Waals surface area contributed by atoms with Crippen LogP contribution in [0, 0.1) is 0 Å². The molecule has 0 bridgehead atoms. The van der Waals surface area contributed by atoms with Gasteiger partial charge in [-0.2, -0.15) is 0 Å². The molecule has 1 aromatic heterocycles. The van der Waals surface area contributed by atoms with E-state index in [1.165, 1.54) is 16.2 Å². The van der Waals surface area contributed by atoms with Crippen LogP contribution in [0.2, 0.25) is 0 Å². The number of hydrogen-bond acceptors (Lipinski definition) is 5. The average Bonchev–Trinajstić information content (AvgIpc) is 3.37. The van der Waals surface area contributed by atoms with Crippen LogP contribution in [0.5, 0.6) is 0 Å². The molecule has 0 radical (unpaired) electrons. The van der Waals surface area contributed by atoms with Crippen molar-refractivity contribution in [1.29, 1.82) is 0 Å². The summed E-state index contributed by atoms with van der Waals surface area (Å²) in [4.78, 5) is 46.6. The Bertz CT molecular complexity index is 1410. The van der Waals surface area contributed by atoms with E-state index in [0.29, 0.717) is 5.56 Å². The summed E-state index contributed by atoms with van der Waals surface area (Å²) in [6.07, 6.45) is 0. The molecule has 172 valence electrons. The highest BCUT2D eigenvalue weighted by Crippen LogP contribution is 2.34. The maximum absolute atomic E-state index is 13.5. The maximum Gasteiger partial charge on any atom is 0.325 e. The van der Waals surface area contributed by atoms with Gasteiger partial charge in [-0.15, -0.1) is 11.3 Å². The molecule has 4 aromatic rings. The number of imide groups is 1. The Balaban J connectivity index is 1.37. The summed E-state index contributed by atoms with van der Waals surface area (Å²) >= 11 is 1.53. The fourth-order valence-corrected chi connectivity index (χ4v) is 5.44. The van der Waals surface area contributed by atoms with E-state index in [0.717, 1.165) is 30.9 Å². The van der Waals surface area contributed by atoms with Crippen LogP contribution >= 0.6 is 11.3 Å². The van der Waals surface area contributed by atoms with Crippen molar-refractivity contribution in [2.75, 3.05) is 13.6 Å². The van der Waals surface area contributed by atoms with E-state index in [-0.39, 0.29) is 18.5 Å². The first-order chi connectivity index (χ1) is 16.3. The second-order valence-electron chi connectivity index (χ2n) is 8.67. The van der Waals surface area contributed by atoms with Crippen molar-refractivity contribution in [1.82, 2.24) is 20.1 Å². The van der Waals surface area contributed by atoms with Crippen LogP contribution in [0.4, 0.5) is 4.79 Å². The smallest absolute Gasteiger partial charge is 0.325 e. The standard InChI is InChI=1S/C26H24N4O3S/c1-16(23-27-20-13-6-7-14-21(20)34-23)29(3)22(31)15-30-24(32)26(2,28-25(30)33)19-12-8-10-17-9-4-5-11-18(17)19/h4-14,16H,15H2,1-3H3,(H,28,33)/t16-,26-/m1/s1. The number of fused-ring (bicyclic) bond motifs is 2. The van der Waals surface area contributed by atoms with Crippen molar-refractivity contribution in [3.63, 3.8) is 0 Å². The van der Waals surface area contributed by atoms with E-state index in [2.05, 4.69) is 10.3 Å². The molecule has 4 amide bonds. The lowest BCUT2D eigenvalue weighted by Crippen LogP contribution is -2.44. The van der Waals surface area contributed by atoms with Gasteiger partial charge in [0.15, 0.2) is 0 Å². The van der Waals surface area contributed by atoms with Gasteiger partial charge in [0.25, 0.3) is 5.91 Å². The molecule has 0 saturated carbocycles. The number of amides is 4. The minimum Gasteiger partial charge on any atom is -0.335 e. The molecular formula is C26H24N4O3S. The Morgan fingerprint density at radius 2 is 1.79 bits per heavy atom. The maximum atomic E-state index is 13.5. The molecule has 0 unspecified atom stereocenters. The predicted molar refractivity (Wildman–Crippen MR) is 132 cm³/mol. The summed E-state index contributed by atoms with van der Waals surface area (Å²) in [6, 6.07) is 20.3. The number of para-hydroxylation sites is 1. The fraction of sp³-hybridized carbons (Fsp3) is 0.231. The number of thiazole rings is 1. The molecule has 0 aliphatic carbocycles. The molecule has 1 saturated heterocycles. The highest BCUT2D eigenvalue weighted by atomic mass is 32.1. The second-order valence-corrected chi connectivity index (χ2v) is 9.74. The van der Waals surface area contributed by atoms with Crippen LogP contribution in [-0.4, -0.2) is 46.2 Å². The van der Waals surface area contributed by atoms with Gasteiger partial charge in [0.2, 0.25) is 5.91 Å². The first-order valence-electron chi connectivity index (χ1n) is 11.0. The van der Waals surface area contributed by atoms with Gasteiger partial charge in [-0.05, 0) is 42.3 Å². The third-order valence-electron chi connectivity index (χ3n) is 6.54. The van der Waals surface area contributed by atoms with Crippen molar-refractivity contribution < 1.29 is 14.4 Å². The minimum atomic E-state index is -1.25. The third-order valence-corrected chi connectivity index (χ3v) is 7.75. The van der Waals surface area contributed by atoms with Crippen LogP contribution in [0.3, 0.4) is 0 Å². The largest absolute Gasteiger partial charge is 0.335 e. The summed E-state index contributed by atoms with van der Waals surface area (Å²) in [5.41, 5.74) is 0.334. The van der Waals surface area contributed by atoms with E-state index >= 15 is 0 Å². The number of nitrogens with one attached hydrogen (secondary N) is 1.